The predicted molar refractivity (Wildman–Crippen MR) is 75.6 cm³/mol. The van der Waals surface area contributed by atoms with Crippen molar-refractivity contribution in [3.8, 4) is 5.75 Å². The molecule has 4 nitrogen and oxygen atoms in total. The van der Waals surface area contributed by atoms with Gasteiger partial charge in [-0.2, -0.15) is 0 Å². The first-order valence-corrected chi connectivity index (χ1v) is 5.98. The fraction of sp³-hybridized carbons (Fsp3) is 0.200. The third kappa shape index (κ3) is 6.21. The van der Waals surface area contributed by atoms with Crippen LogP contribution in [0.15, 0.2) is 66.5 Å². The van der Waals surface area contributed by atoms with E-state index >= 15 is 0 Å². The molecule has 0 aliphatic rings. The number of nitro groups is 1. The zero-order valence-corrected chi connectivity index (χ0v) is 10.9. The molecule has 1 rings (SSSR count). The average Bonchev–Trinajstić information content (AvgIpc) is 2.39. The molecule has 0 amide bonds. The molecule has 0 heterocycles. The summed E-state index contributed by atoms with van der Waals surface area (Å²) in [6.45, 7) is 5.56. The first kappa shape index (κ1) is 14.7. The number of allylic oxidation sites excluding steroid dienone is 3. The molecule has 0 saturated heterocycles. The number of benzene rings is 1. The molecule has 0 unspecified atom stereocenters. The minimum absolute atomic E-state index is 0.0734. The molecule has 1 aromatic carbocycles. The Morgan fingerprint density at radius 3 is 2.63 bits per heavy atom. The van der Waals surface area contributed by atoms with Crippen molar-refractivity contribution in [2.24, 2.45) is 0 Å². The Labute approximate surface area is 112 Å². The lowest BCUT2D eigenvalue weighted by atomic mass is 10.1. The van der Waals surface area contributed by atoms with E-state index in [-0.39, 0.29) is 11.5 Å². The van der Waals surface area contributed by atoms with E-state index in [1.165, 1.54) is 0 Å². The molecule has 0 fully saturated rings. The maximum absolute atomic E-state index is 10.3. The van der Waals surface area contributed by atoms with Gasteiger partial charge in [0.25, 0.3) is 0 Å². The van der Waals surface area contributed by atoms with Gasteiger partial charge in [0, 0.05) is 11.3 Å². The Bertz CT molecular complexity index is 489. The summed E-state index contributed by atoms with van der Waals surface area (Å²) < 4.78 is 5.49. The van der Waals surface area contributed by atoms with Crippen molar-refractivity contribution in [2.75, 3.05) is 6.54 Å². The first-order chi connectivity index (χ1) is 9.11. The highest BCUT2D eigenvalue weighted by Crippen LogP contribution is 2.13. The summed E-state index contributed by atoms with van der Waals surface area (Å²) in [5.41, 5.74) is 0.884. The summed E-state index contributed by atoms with van der Waals surface area (Å²) in [6.07, 6.45) is 5.74. The van der Waals surface area contributed by atoms with E-state index in [0.29, 0.717) is 17.9 Å². The smallest absolute Gasteiger partial charge is 0.207 e. The van der Waals surface area contributed by atoms with Crippen LogP contribution in [0.25, 0.3) is 0 Å². The van der Waals surface area contributed by atoms with E-state index in [4.69, 9.17) is 4.74 Å². The monoisotopic (exact) mass is 259 g/mol. The van der Waals surface area contributed by atoms with E-state index in [0.717, 1.165) is 5.57 Å². The number of hydrogen-bond acceptors (Lipinski definition) is 3. The molecule has 1 aromatic rings. The standard InChI is InChI=1S/C15H17NO3/c1-3-14(11-12-16(17)18)10-9-13(2)19-15-7-5-4-6-8-15/h3-10H,2,11-12H2,1H3/b10-9-,14-3+. The van der Waals surface area contributed by atoms with Crippen LogP contribution in [-0.4, -0.2) is 11.5 Å². The second kappa shape index (κ2) is 7.87. The van der Waals surface area contributed by atoms with E-state index in [2.05, 4.69) is 6.58 Å². The van der Waals surface area contributed by atoms with Crippen LogP contribution in [0.3, 0.4) is 0 Å². The molecule has 100 valence electrons. The maximum atomic E-state index is 10.3. The number of nitrogens with zero attached hydrogens (tertiary/aromatic N) is 1. The van der Waals surface area contributed by atoms with Gasteiger partial charge in [-0.05, 0) is 30.7 Å². The van der Waals surface area contributed by atoms with Crippen LogP contribution in [0.4, 0.5) is 0 Å². The highest BCUT2D eigenvalue weighted by molar-refractivity contribution is 5.28. The van der Waals surface area contributed by atoms with Crippen LogP contribution in [0.2, 0.25) is 0 Å². The average molecular weight is 259 g/mol. The second-order valence-electron chi connectivity index (χ2n) is 3.88. The topological polar surface area (TPSA) is 52.4 Å². The molecule has 0 aliphatic carbocycles. The van der Waals surface area contributed by atoms with E-state index in [9.17, 15) is 10.1 Å². The molecule has 0 aromatic heterocycles. The van der Waals surface area contributed by atoms with Gasteiger partial charge in [0.1, 0.15) is 11.5 Å². The molecule has 0 atom stereocenters. The highest BCUT2D eigenvalue weighted by atomic mass is 16.6. The van der Waals surface area contributed by atoms with E-state index in [1.807, 2.05) is 43.3 Å². The molecular weight excluding hydrogens is 242 g/mol. The van der Waals surface area contributed by atoms with Gasteiger partial charge >= 0.3 is 0 Å². The molecular formula is C15H17NO3. The Hall–Kier alpha value is -2.36. The van der Waals surface area contributed by atoms with Crippen LogP contribution in [0, 0.1) is 10.1 Å². The van der Waals surface area contributed by atoms with Gasteiger partial charge in [0.15, 0.2) is 0 Å². The van der Waals surface area contributed by atoms with E-state index < -0.39 is 0 Å². The molecule has 0 N–H and O–H groups in total. The zero-order chi connectivity index (χ0) is 14.1. The predicted octanol–water partition coefficient (Wildman–Crippen LogP) is 3.75. The van der Waals surface area contributed by atoms with Gasteiger partial charge in [-0.25, -0.2) is 0 Å². The summed E-state index contributed by atoms with van der Waals surface area (Å²) in [6, 6.07) is 9.33. The third-order valence-corrected chi connectivity index (χ3v) is 2.43. The maximum Gasteiger partial charge on any atom is 0.207 e. The van der Waals surface area contributed by atoms with Gasteiger partial charge in [-0.15, -0.1) is 0 Å². The van der Waals surface area contributed by atoms with Crippen molar-refractivity contribution in [3.63, 3.8) is 0 Å². The highest BCUT2D eigenvalue weighted by Gasteiger charge is 2.00. The van der Waals surface area contributed by atoms with Crippen molar-refractivity contribution in [1.82, 2.24) is 0 Å². The van der Waals surface area contributed by atoms with Crippen molar-refractivity contribution >= 4 is 0 Å². The van der Waals surface area contributed by atoms with Gasteiger partial charge in [0.2, 0.25) is 6.54 Å². The zero-order valence-electron chi connectivity index (χ0n) is 10.9. The Morgan fingerprint density at radius 2 is 2.05 bits per heavy atom. The third-order valence-electron chi connectivity index (χ3n) is 2.43. The van der Waals surface area contributed by atoms with Crippen LogP contribution in [-0.2, 0) is 0 Å². The van der Waals surface area contributed by atoms with Crippen molar-refractivity contribution in [2.45, 2.75) is 13.3 Å². The Morgan fingerprint density at radius 1 is 1.37 bits per heavy atom. The summed E-state index contributed by atoms with van der Waals surface area (Å²) >= 11 is 0. The van der Waals surface area contributed by atoms with Crippen LogP contribution < -0.4 is 4.74 Å². The quantitative estimate of drug-likeness (QED) is 0.324. The van der Waals surface area contributed by atoms with Gasteiger partial charge in [0.05, 0.1) is 0 Å². The molecule has 0 saturated carbocycles. The lowest BCUT2D eigenvalue weighted by Gasteiger charge is -2.04. The Kier molecular flexibility index (Phi) is 6.09. The minimum atomic E-state index is -0.327. The molecule has 0 radical (unpaired) electrons. The fourth-order valence-electron chi connectivity index (χ4n) is 1.42. The van der Waals surface area contributed by atoms with Crippen LogP contribution in [0.5, 0.6) is 5.75 Å². The van der Waals surface area contributed by atoms with Gasteiger partial charge in [-0.3, -0.25) is 10.1 Å². The van der Waals surface area contributed by atoms with Crippen molar-refractivity contribution in [1.29, 1.82) is 0 Å². The van der Waals surface area contributed by atoms with E-state index in [1.54, 1.807) is 12.2 Å². The first-order valence-electron chi connectivity index (χ1n) is 5.98. The van der Waals surface area contributed by atoms with Crippen LogP contribution in [0.1, 0.15) is 13.3 Å². The molecule has 19 heavy (non-hydrogen) atoms. The van der Waals surface area contributed by atoms with Crippen molar-refractivity contribution in [3.05, 3.63) is 76.6 Å². The van der Waals surface area contributed by atoms with Gasteiger partial charge in [-0.1, -0.05) is 36.9 Å². The Balaban J connectivity index is 2.50. The summed E-state index contributed by atoms with van der Waals surface area (Å²) in [5, 5.41) is 10.3. The molecule has 0 bridgehead atoms. The molecule has 0 spiro atoms. The van der Waals surface area contributed by atoms with Crippen LogP contribution >= 0.6 is 0 Å². The number of para-hydroxylation sites is 1. The molecule has 4 heteroatoms. The fourth-order valence-corrected chi connectivity index (χ4v) is 1.42. The summed E-state index contributed by atoms with van der Waals surface area (Å²) in [7, 11) is 0. The summed E-state index contributed by atoms with van der Waals surface area (Å²) in [4.78, 5) is 9.98. The number of ether oxygens (including phenoxy) is 1. The number of rotatable bonds is 7. The number of hydrogen-bond donors (Lipinski definition) is 0. The second-order valence-corrected chi connectivity index (χ2v) is 3.88. The molecule has 0 aliphatic heterocycles. The lowest BCUT2D eigenvalue weighted by molar-refractivity contribution is -0.479. The summed E-state index contributed by atoms with van der Waals surface area (Å²) in [5.74, 6) is 1.20. The normalized spacial score (nSPS) is 11.5. The van der Waals surface area contributed by atoms with Gasteiger partial charge < -0.3 is 4.74 Å². The minimum Gasteiger partial charge on any atom is -0.458 e. The SMILES string of the molecule is C=C(/C=C\C(=C/C)CC[N+](=O)[O-])Oc1ccccc1. The lowest BCUT2D eigenvalue weighted by Crippen LogP contribution is -2.01. The van der Waals surface area contributed by atoms with Crippen molar-refractivity contribution < 1.29 is 9.66 Å². The largest absolute Gasteiger partial charge is 0.458 e.